The van der Waals surface area contributed by atoms with Crippen LogP contribution in [-0.4, -0.2) is 29.5 Å². The van der Waals surface area contributed by atoms with Gasteiger partial charge in [-0.2, -0.15) is 0 Å². The summed E-state index contributed by atoms with van der Waals surface area (Å²) in [5.74, 6) is -0.0234. The van der Waals surface area contributed by atoms with E-state index in [4.69, 9.17) is 23.8 Å². The number of rotatable bonds is 1. The number of nitrogens with zero attached hydrogens (tertiary/aromatic N) is 2. The summed E-state index contributed by atoms with van der Waals surface area (Å²) in [5.41, 5.74) is 0.724. The maximum Gasteiger partial charge on any atom is 0.252 e. The number of benzene rings is 1. The molecule has 0 radical (unpaired) electrons. The van der Waals surface area contributed by atoms with Crippen molar-refractivity contribution in [3.05, 3.63) is 29.3 Å². The highest BCUT2D eigenvalue weighted by molar-refractivity contribution is 7.80. The second kappa shape index (κ2) is 3.79. The van der Waals surface area contributed by atoms with Gasteiger partial charge in [0.2, 0.25) is 0 Å². The molecule has 78 valence electrons. The molecule has 15 heavy (non-hydrogen) atoms. The second-order valence-electron chi connectivity index (χ2n) is 3.35. The Labute approximate surface area is 98.2 Å². The topological polar surface area (TPSA) is 23.6 Å². The SMILES string of the molecule is CN1CC(=O)N(c2cccc(Cl)c2)C1=S. The zero-order chi connectivity index (χ0) is 11.0. The molecule has 1 amide bonds. The average Bonchev–Trinajstić information content (AvgIpc) is 2.41. The molecule has 1 aromatic rings. The number of likely N-dealkylation sites (N-methyl/N-ethyl adjacent to an activating group) is 1. The summed E-state index contributed by atoms with van der Waals surface area (Å²) >= 11 is 11.0. The minimum absolute atomic E-state index is 0.0234. The van der Waals surface area contributed by atoms with Crippen molar-refractivity contribution in [3.8, 4) is 0 Å². The first-order chi connectivity index (χ1) is 7.09. The molecular weight excluding hydrogens is 232 g/mol. The van der Waals surface area contributed by atoms with Crippen LogP contribution in [0.4, 0.5) is 5.69 Å². The van der Waals surface area contributed by atoms with E-state index in [2.05, 4.69) is 0 Å². The number of carbonyl (C=O) groups excluding carboxylic acids is 1. The summed E-state index contributed by atoms with van der Waals surface area (Å²) in [6, 6.07) is 7.10. The molecule has 0 saturated carbocycles. The number of amides is 1. The van der Waals surface area contributed by atoms with Crippen molar-refractivity contribution in [1.29, 1.82) is 0 Å². The van der Waals surface area contributed by atoms with Crippen molar-refractivity contribution in [1.82, 2.24) is 4.90 Å². The zero-order valence-electron chi connectivity index (χ0n) is 8.11. The van der Waals surface area contributed by atoms with Crippen LogP contribution in [0.15, 0.2) is 24.3 Å². The predicted octanol–water partition coefficient (Wildman–Crippen LogP) is 1.90. The summed E-state index contributed by atoms with van der Waals surface area (Å²) in [6.07, 6.45) is 0. The number of halogens is 1. The minimum atomic E-state index is -0.0234. The molecule has 1 heterocycles. The number of hydrogen-bond acceptors (Lipinski definition) is 2. The lowest BCUT2D eigenvalue weighted by Crippen LogP contribution is -2.31. The molecule has 1 aliphatic rings. The van der Waals surface area contributed by atoms with E-state index in [9.17, 15) is 4.79 Å². The monoisotopic (exact) mass is 240 g/mol. The summed E-state index contributed by atoms with van der Waals surface area (Å²) in [5, 5.41) is 1.11. The molecule has 2 rings (SSSR count). The van der Waals surface area contributed by atoms with Crippen LogP contribution in [0.3, 0.4) is 0 Å². The first kappa shape index (κ1) is 10.4. The summed E-state index contributed by atoms with van der Waals surface area (Å²) < 4.78 is 0. The van der Waals surface area contributed by atoms with Gasteiger partial charge in [0.25, 0.3) is 5.91 Å². The van der Waals surface area contributed by atoms with Crippen LogP contribution in [0.5, 0.6) is 0 Å². The number of hydrogen-bond donors (Lipinski definition) is 0. The highest BCUT2D eigenvalue weighted by atomic mass is 35.5. The quantitative estimate of drug-likeness (QED) is 0.701. The van der Waals surface area contributed by atoms with Gasteiger partial charge in [0.05, 0.1) is 12.2 Å². The van der Waals surface area contributed by atoms with E-state index in [-0.39, 0.29) is 5.91 Å². The van der Waals surface area contributed by atoms with E-state index in [1.807, 2.05) is 6.07 Å². The van der Waals surface area contributed by atoms with Gasteiger partial charge in [0, 0.05) is 12.1 Å². The van der Waals surface area contributed by atoms with Gasteiger partial charge in [0.1, 0.15) is 0 Å². The Kier molecular flexibility index (Phi) is 2.63. The fourth-order valence-electron chi connectivity index (χ4n) is 1.49. The molecule has 3 nitrogen and oxygen atoms in total. The van der Waals surface area contributed by atoms with Gasteiger partial charge in [-0.05, 0) is 30.4 Å². The maximum absolute atomic E-state index is 11.7. The average molecular weight is 241 g/mol. The Morgan fingerprint density at radius 1 is 1.47 bits per heavy atom. The predicted molar refractivity (Wildman–Crippen MR) is 64.2 cm³/mol. The van der Waals surface area contributed by atoms with Crippen molar-refractivity contribution >= 4 is 40.5 Å². The third kappa shape index (κ3) is 1.82. The number of anilines is 1. The lowest BCUT2D eigenvalue weighted by molar-refractivity contribution is -0.116. The maximum atomic E-state index is 11.7. The molecule has 0 atom stereocenters. The van der Waals surface area contributed by atoms with Crippen molar-refractivity contribution < 1.29 is 4.79 Å². The molecule has 5 heteroatoms. The molecule has 0 aliphatic carbocycles. The highest BCUT2D eigenvalue weighted by Gasteiger charge is 2.31. The van der Waals surface area contributed by atoms with Crippen LogP contribution < -0.4 is 4.90 Å². The second-order valence-corrected chi connectivity index (χ2v) is 4.15. The molecular formula is C10H9ClN2OS. The van der Waals surface area contributed by atoms with Gasteiger partial charge in [-0.3, -0.25) is 9.69 Å². The van der Waals surface area contributed by atoms with Crippen molar-refractivity contribution in [2.24, 2.45) is 0 Å². The van der Waals surface area contributed by atoms with Crippen molar-refractivity contribution in [2.75, 3.05) is 18.5 Å². The van der Waals surface area contributed by atoms with Gasteiger partial charge in [-0.1, -0.05) is 17.7 Å². The van der Waals surface area contributed by atoms with Gasteiger partial charge >= 0.3 is 0 Å². The van der Waals surface area contributed by atoms with Crippen LogP contribution in [0.2, 0.25) is 5.02 Å². The van der Waals surface area contributed by atoms with Crippen LogP contribution in [-0.2, 0) is 4.79 Å². The van der Waals surface area contributed by atoms with Crippen molar-refractivity contribution in [2.45, 2.75) is 0 Å². The van der Waals surface area contributed by atoms with E-state index in [1.54, 1.807) is 30.1 Å². The summed E-state index contributed by atoms with van der Waals surface area (Å²) in [7, 11) is 1.80. The minimum Gasteiger partial charge on any atom is -0.342 e. The van der Waals surface area contributed by atoms with E-state index < -0.39 is 0 Å². The van der Waals surface area contributed by atoms with Gasteiger partial charge in [-0.15, -0.1) is 0 Å². The lowest BCUT2D eigenvalue weighted by atomic mass is 10.3. The third-order valence-electron chi connectivity index (χ3n) is 2.21. The smallest absolute Gasteiger partial charge is 0.252 e. The fraction of sp³-hybridized carbons (Fsp3) is 0.200. The van der Waals surface area contributed by atoms with Crippen molar-refractivity contribution in [3.63, 3.8) is 0 Å². The highest BCUT2D eigenvalue weighted by Crippen LogP contribution is 2.23. The molecule has 1 saturated heterocycles. The molecule has 0 spiro atoms. The van der Waals surface area contributed by atoms with E-state index in [0.29, 0.717) is 16.7 Å². The first-order valence-corrected chi connectivity index (χ1v) is 5.22. The van der Waals surface area contributed by atoms with Gasteiger partial charge in [0.15, 0.2) is 5.11 Å². The van der Waals surface area contributed by atoms with E-state index in [0.717, 1.165) is 5.69 Å². The lowest BCUT2D eigenvalue weighted by Gasteiger charge is -2.17. The molecule has 0 bridgehead atoms. The Balaban J connectivity index is 2.39. The van der Waals surface area contributed by atoms with Crippen LogP contribution in [0.1, 0.15) is 0 Å². The van der Waals surface area contributed by atoms with E-state index >= 15 is 0 Å². The van der Waals surface area contributed by atoms with E-state index in [1.165, 1.54) is 4.90 Å². The van der Waals surface area contributed by atoms with Crippen LogP contribution in [0, 0.1) is 0 Å². The number of thiocarbonyl (C=S) groups is 1. The van der Waals surface area contributed by atoms with Gasteiger partial charge in [-0.25, -0.2) is 0 Å². The third-order valence-corrected chi connectivity index (χ3v) is 2.94. The molecule has 1 fully saturated rings. The molecule has 1 aliphatic heterocycles. The standard InChI is InChI=1S/C10H9ClN2OS/c1-12-6-9(14)13(10(12)15)8-4-2-3-7(11)5-8/h2-5H,6H2,1H3. The molecule has 0 N–H and O–H groups in total. The fourth-order valence-corrected chi connectivity index (χ4v) is 1.94. The Morgan fingerprint density at radius 3 is 2.73 bits per heavy atom. The molecule has 0 aromatic heterocycles. The Bertz CT molecular complexity index is 435. The number of carbonyl (C=O) groups is 1. The van der Waals surface area contributed by atoms with Gasteiger partial charge < -0.3 is 4.90 Å². The summed E-state index contributed by atoms with van der Waals surface area (Å²) in [4.78, 5) is 14.9. The Hall–Kier alpha value is -1.13. The molecule has 1 aromatic carbocycles. The Morgan fingerprint density at radius 2 is 2.20 bits per heavy atom. The zero-order valence-corrected chi connectivity index (χ0v) is 9.68. The normalized spacial score (nSPS) is 16.4. The largest absolute Gasteiger partial charge is 0.342 e. The molecule has 0 unspecified atom stereocenters. The van der Waals surface area contributed by atoms with Crippen LogP contribution in [0.25, 0.3) is 0 Å². The van der Waals surface area contributed by atoms with Crippen LogP contribution >= 0.6 is 23.8 Å². The first-order valence-electron chi connectivity index (χ1n) is 4.43. The summed E-state index contributed by atoms with van der Waals surface area (Å²) in [6.45, 7) is 0.325.